The zero-order chi connectivity index (χ0) is 27.8. The van der Waals surface area contributed by atoms with Gasteiger partial charge in [0.1, 0.15) is 10.9 Å². The molecule has 3 N–H and O–H groups in total. The zero-order valence-electron chi connectivity index (χ0n) is 23.9. The van der Waals surface area contributed by atoms with Crippen molar-refractivity contribution in [1.82, 2.24) is 19.8 Å². The molecule has 1 aromatic carbocycles. The predicted octanol–water partition coefficient (Wildman–Crippen LogP) is 4.34. The van der Waals surface area contributed by atoms with Gasteiger partial charge in [-0.25, -0.2) is 4.98 Å². The average Bonchev–Trinajstić information content (AvgIpc) is 3.49. The molecule has 10 heteroatoms. The predicted molar refractivity (Wildman–Crippen MR) is 162 cm³/mol. The Morgan fingerprint density at radius 1 is 1.07 bits per heavy atom. The quantitative estimate of drug-likeness (QED) is 0.418. The first-order valence-corrected chi connectivity index (χ1v) is 15.4. The van der Waals surface area contributed by atoms with Crippen molar-refractivity contribution in [1.29, 1.82) is 0 Å². The van der Waals surface area contributed by atoms with E-state index in [-0.39, 0.29) is 17.9 Å². The number of nitrogens with one attached hydrogen (secondary N) is 1. The Hall–Kier alpha value is -2.95. The van der Waals surface area contributed by atoms with E-state index in [1.807, 2.05) is 0 Å². The summed E-state index contributed by atoms with van der Waals surface area (Å²) >= 11 is 1.70. The van der Waals surface area contributed by atoms with E-state index in [9.17, 15) is 4.79 Å². The number of rotatable bonds is 8. The summed E-state index contributed by atoms with van der Waals surface area (Å²) in [6, 6.07) is 9.13. The molecular formula is C30H41N7O2S. The SMILES string of the molecule is CN1CCN(c2ccc(Nc3nc(O[C@H]4CC[C@H](N(C)C)CC4)c4c5c(sc4n3)CCC5CC(N)=O)cc2)CC1. The summed E-state index contributed by atoms with van der Waals surface area (Å²) in [5.74, 6) is 1.03. The lowest BCUT2D eigenvalue weighted by Crippen LogP contribution is -2.44. The molecular weight excluding hydrogens is 522 g/mol. The number of thiophene rings is 1. The van der Waals surface area contributed by atoms with Crippen molar-refractivity contribution in [2.75, 3.05) is 57.5 Å². The van der Waals surface area contributed by atoms with E-state index < -0.39 is 0 Å². The standard InChI is InChI=1S/C30H41N7O2S/c1-35(2)21-9-11-23(12-10-21)39-28-27-26-19(18-25(31)38)4-13-24(26)40-29(27)34-30(33-28)32-20-5-7-22(8-6-20)37-16-14-36(3)15-17-37/h5-8,19,21,23H,4,9-18H2,1-3H3,(H2,31,38)(H,32,33,34)/t19?,21-,23-. The monoisotopic (exact) mass is 563 g/mol. The van der Waals surface area contributed by atoms with Crippen molar-refractivity contribution in [3.63, 3.8) is 0 Å². The molecule has 1 amide bonds. The van der Waals surface area contributed by atoms with Gasteiger partial charge in [-0.05, 0) is 95.4 Å². The molecule has 2 aliphatic carbocycles. The van der Waals surface area contributed by atoms with Crippen LogP contribution in [-0.4, -0.2) is 85.1 Å². The highest BCUT2D eigenvalue weighted by atomic mass is 32.1. The molecule has 9 nitrogen and oxygen atoms in total. The third-order valence-corrected chi connectivity index (χ3v) is 10.0. The van der Waals surface area contributed by atoms with Crippen LogP contribution in [0.15, 0.2) is 24.3 Å². The summed E-state index contributed by atoms with van der Waals surface area (Å²) in [4.78, 5) is 31.0. The molecule has 3 heterocycles. The van der Waals surface area contributed by atoms with Gasteiger partial charge in [-0.15, -0.1) is 11.3 Å². The number of aromatic nitrogens is 2. The third kappa shape index (κ3) is 5.75. The van der Waals surface area contributed by atoms with Gasteiger partial charge >= 0.3 is 0 Å². The second-order valence-electron chi connectivity index (χ2n) is 11.9. The zero-order valence-corrected chi connectivity index (χ0v) is 24.7. The molecule has 1 saturated carbocycles. The Kier molecular flexibility index (Phi) is 7.83. The summed E-state index contributed by atoms with van der Waals surface area (Å²) in [5, 5.41) is 4.42. The molecule has 214 valence electrons. The van der Waals surface area contributed by atoms with E-state index in [0.29, 0.717) is 24.3 Å². The number of piperazine rings is 1. The summed E-state index contributed by atoms with van der Waals surface area (Å²) in [6.07, 6.45) is 6.59. The normalized spacial score (nSPS) is 23.5. The minimum atomic E-state index is -0.263. The van der Waals surface area contributed by atoms with Gasteiger partial charge in [0.2, 0.25) is 17.7 Å². The number of ether oxygens (including phenoxy) is 1. The van der Waals surface area contributed by atoms with Crippen LogP contribution in [0, 0.1) is 0 Å². The first-order valence-electron chi connectivity index (χ1n) is 14.6. The van der Waals surface area contributed by atoms with Crippen molar-refractivity contribution in [3.8, 4) is 5.88 Å². The molecule has 2 fully saturated rings. The van der Waals surface area contributed by atoms with Crippen LogP contribution in [0.3, 0.4) is 0 Å². The van der Waals surface area contributed by atoms with Gasteiger partial charge in [0.25, 0.3) is 0 Å². The molecule has 40 heavy (non-hydrogen) atoms. The van der Waals surface area contributed by atoms with Gasteiger partial charge in [0.15, 0.2) is 0 Å². The molecule has 0 radical (unpaired) electrons. The van der Waals surface area contributed by atoms with E-state index in [4.69, 9.17) is 20.4 Å². The fourth-order valence-corrected chi connectivity index (χ4v) is 7.74. The third-order valence-electron chi connectivity index (χ3n) is 8.85. The van der Waals surface area contributed by atoms with Crippen LogP contribution < -0.4 is 20.7 Å². The van der Waals surface area contributed by atoms with E-state index in [2.05, 4.69) is 65.4 Å². The lowest BCUT2D eigenvalue weighted by atomic mass is 9.92. The molecule has 1 atom stereocenters. The number of primary amides is 1. The molecule has 6 rings (SSSR count). The largest absolute Gasteiger partial charge is 0.474 e. The number of benzene rings is 1. The van der Waals surface area contributed by atoms with Crippen LogP contribution in [0.1, 0.15) is 54.9 Å². The molecule has 3 aromatic rings. The Bertz CT molecular complexity index is 1340. The number of nitrogens with two attached hydrogens (primary N) is 1. The van der Waals surface area contributed by atoms with Crippen molar-refractivity contribution >= 4 is 44.8 Å². The lowest BCUT2D eigenvalue weighted by molar-refractivity contribution is -0.118. The summed E-state index contributed by atoms with van der Waals surface area (Å²) in [7, 11) is 6.49. The first kappa shape index (κ1) is 27.2. The lowest BCUT2D eigenvalue weighted by Gasteiger charge is -2.34. The minimum absolute atomic E-state index is 0.109. The number of fused-ring (bicyclic) bond motifs is 3. The Labute approximate surface area is 240 Å². The fraction of sp³-hybridized carbons (Fsp3) is 0.567. The van der Waals surface area contributed by atoms with Crippen molar-refractivity contribution in [2.45, 2.75) is 63.0 Å². The number of nitrogens with zero attached hydrogens (tertiary/aromatic N) is 5. The van der Waals surface area contributed by atoms with Crippen LogP contribution in [-0.2, 0) is 11.2 Å². The second-order valence-corrected chi connectivity index (χ2v) is 12.9. The Morgan fingerprint density at radius 3 is 2.48 bits per heavy atom. The number of likely N-dealkylation sites (N-methyl/N-ethyl adjacent to an activating group) is 1. The maximum atomic E-state index is 11.9. The molecule has 0 bridgehead atoms. The second kappa shape index (κ2) is 11.5. The molecule has 1 aliphatic heterocycles. The Balaban J connectivity index is 1.27. The highest BCUT2D eigenvalue weighted by Gasteiger charge is 2.33. The minimum Gasteiger partial charge on any atom is -0.474 e. The van der Waals surface area contributed by atoms with Gasteiger partial charge in [0, 0.05) is 54.9 Å². The van der Waals surface area contributed by atoms with Gasteiger partial charge in [0.05, 0.1) is 5.39 Å². The van der Waals surface area contributed by atoms with Gasteiger partial charge in [-0.2, -0.15) is 4.98 Å². The van der Waals surface area contributed by atoms with Crippen molar-refractivity contribution in [3.05, 3.63) is 34.7 Å². The van der Waals surface area contributed by atoms with Gasteiger partial charge in [-0.1, -0.05) is 0 Å². The first-order chi connectivity index (χ1) is 19.3. The number of carbonyl (C=O) groups is 1. The molecule has 1 unspecified atom stereocenters. The number of anilines is 3. The average molecular weight is 564 g/mol. The fourth-order valence-electron chi connectivity index (χ4n) is 6.48. The Morgan fingerprint density at radius 2 is 1.80 bits per heavy atom. The molecule has 0 spiro atoms. The number of aryl methyl sites for hydroxylation is 1. The van der Waals surface area contributed by atoms with E-state index >= 15 is 0 Å². The molecule has 1 saturated heterocycles. The van der Waals surface area contributed by atoms with Crippen LogP contribution in [0.2, 0.25) is 0 Å². The van der Waals surface area contributed by atoms with Crippen LogP contribution in [0.5, 0.6) is 5.88 Å². The van der Waals surface area contributed by atoms with Crippen LogP contribution >= 0.6 is 11.3 Å². The van der Waals surface area contributed by atoms with E-state index in [0.717, 1.165) is 80.6 Å². The topological polar surface area (TPSA) is 99.8 Å². The summed E-state index contributed by atoms with van der Waals surface area (Å²) in [5.41, 5.74) is 8.99. The van der Waals surface area contributed by atoms with Crippen LogP contribution in [0.25, 0.3) is 10.2 Å². The highest BCUT2D eigenvalue weighted by Crippen LogP contribution is 2.48. The summed E-state index contributed by atoms with van der Waals surface area (Å²) < 4.78 is 6.69. The molecule has 2 aromatic heterocycles. The van der Waals surface area contributed by atoms with E-state index in [1.54, 1.807) is 11.3 Å². The maximum Gasteiger partial charge on any atom is 0.231 e. The van der Waals surface area contributed by atoms with Gasteiger partial charge in [-0.3, -0.25) is 4.79 Å². The smallest absolute Gasteiger partial charge is 0.231 e. The molecule has 3 aliphatic rings. The van der Waals surface area contributed by atoms with E-state index in [1.165, 1.54) is 16.1 Å². The summed E-state index contributed by atoms with van der Waals surface area (Å²) in [6.45, 7) is 4.25. The van der Waals surface area contributed by atoms with Crippen LogP contribution in [0.4, 0.5) is 17.3 Å². The number of hydrogen-bond donors (Lipinski definition) is 2. The maximum absolute atomic E-state index is 11.9. The number of amides is 1. The van der Waals surface area contributed by atoms with Crippen molar-refractivity contribution in [2.24, 2.45) is 5.73 Å². The van der Waals surface area contributed by atoms with Gasteiger partial charge < -0.3 is 30.5 Å². The number of hydrogen-bond acceptors (Lipinski definition) is 9. The van der Waals surface area contributed by atoms with Crippen molar-refractivity contribution < 1.29 is 9.53 Å². The highest BCUT2D eigenvalue weighted by molar-refractivity contribution is 7.19. The number of carbonyl (C=O) groups excluding carboxylic acids is 1.